The van der Waals surface area contributed by atoms with Gasteiger partial charge in [0.05, 0.1) is 5.71 Å². The minimum absolute atomic E-state index is 0.200. The van der Waals surface area contributed by atoms with E-state index < -0.39 is 0 Å². The Morgan fingerprint density at radius 2 is 2.00 bits per heavy atom. The average molecular weight is 249 g/mol. The molecule has 0 aliphatic carbocycles. The highest BCUT2D eigenvalue weighted by molar-refractivity contribution is 7.80. The standard InChI is InChI=1S/C13H19N3S/c1-3-4-5-12(15-16-13(14)17)11-8-6-10(2)7-9-11/h6-9H,3-5H2,1-2H3,(H3,14,16,17). The Hall–Kier alpha value is -1.42. The number of unbranched alkanes of at least 4 members (excludes halogenated alkanes) is 1. The number of benzene rings is 1. The lowest BCUT2D eigenvalue weighted by Gasteiger charge is -2.07. The summed E-state index contributed by atoms with van der Waals surface area (Å²) in [5.41, 5.74) is 11.4. The maximum absolute atomic E-state index is 5.38. The van der Waals surface area contributed by atoms with Crippen LogP contribution in [-0.2, 0) is 0 Å². The summed E-state index contributed by atoms with van der Waals surface area (Å²) in [5.74, 6) is 0. The van der Waals surface area contributed by atoms with E-state index in [0.29, 0.717) is 0 Å². The van der Waals surface area contributed by atoms with E-state index in [1.165, 1.54) is 5.56 Å². The number of nitrogens with one attached hydrogen (secondary N) is 1. The molecule has 0 saturated carbocycles. The van der Waals surface area contributed by atoms with Gasteiger partial charge in [-0.25, -0.2) is 0 Å². The zero-order valence-electron chi connectivity index (χ0n) is 10.4. The summed E-state index contributed by atoms with van der Waals surface area (Å²) in [5, 5.41) is 4.46. The second kappa shape index (κ2) is 7.01. The molecular weight excluding hydrogens is 230 g/mol. The normalized spacial score (nSPS) is 11.3. The van der Waals surface area contributed by atoms with E-state index in [4.69, 9.17) is 18.0 Å². The van der Waals surface area contributed by atoms with Gasteiger partial charge in [0.1, 0.15) is 0 Å². The van der Waals surface area contributed by atoms with Crippen LogP contribution in [0.3, 0.4) is 0 Å². The minimum Gasteiger partial charge on any atom is -0.375 e. The number of hydrogen-bond donors (Lipinski definition) is 2. The molecule has 1 rings (SSSR count). The number of nitrogens with two attached hydrogens (primary N) is 1. The van der Waals surface area contributed by atoms with E-state index in [-0.39, 0.29) is 5.11 Å². The molecule has 4 heteroatoms. The summed E-state index contributed by atoms with van der Waals surface area (Å²) in [7, 11) is 0. The smallest absolute Gasteiger partial charge is 0.184 e. The van der Waals surface area contributed by atoms with Gasteiger partial charge in [0, 0.05) is 0 Å². The van der Waals surface area contributed by atoms with Crippen LogP contribution in [0.15, 0.2) is 29.4 Å². The molecule has 0 spiro atoms. The van der Waals surface area contributed by atoms with Crippen molar-refractivity contribution in [2.75, 3.05) is 0 Å². The summed E-state index contributed by atoms with van der Waals surface area (Å²) >= 11 is 4.76. The van der Waals surface area contributed by atoms with Crippen LogP contribution in [0, 0.1) is 6.92 Å². The van der Waals surface area contributed by atoms with Gasteiger partial charge in [0.2, 0.25) is 0 Å². The van der Waals surface area contributed by atoms with Crippen LogP contribution in [0.2, 0.25) is 0 Å². The Balaban J connectivity index is 2.84. The van der Waals surface area contributed by atoms with Crippen molar-refractivity contribution in [2.45, 2.75) is 33.1 Å². The molecule has 17 heavy (non-hydrogen) atoms. The molecule has 1 aromatic carbocycles. The molecule has 0 fully saturated rings. The van der Waals surface area contributed by atoms with Crippen LogP contribution in [-0.4, -0.2) is 10.8 Å². The molecule has 0 heterocycles. The van der Waals surface area contributed by atoms with Crippen molar-refractivity contribution in [1.82, 2.24) is 5.43 Å². The van der Waals surface area contributed by atoms with Gasteiger partial charge in [-0.05, 0) is 37.5 Å². The predicted octanol–water partition coefficient (Wildman–Crippen LogP) is 2.72. The summed E-state index contributed by atoms with van der Waals surface area (Å²) in [4.78, 5) is 0. The highest BCUT2D eigenvalue weighted by atomic mass is 32.1. The molecule has 0 aromatic heterocycles. The van der Waals surface area contributed by atoms with Crippen LogP contribution in [0.5, 0.6) is 0 Å². The number of hydrogen-bond acceptors (Lipinski definition) is 2. The van der Waals surface area contributed by atoms with Crippen LogP contribution in [0.25, 0.3) is 0 Å². The van der Waals surface area contributed by atoms with Crippen LogP contribution < -0.4 is 11.2 Å². The van der Waals surface area contributed by atoms with E-state index in [1.807, 2.05) is 0 Å². The SMILES string of the molecule is CCCCC(=NNC(N)=S)c1ccc(C)cc1. The zero-order chi connectivity index (χ0) is 12.7. The van der Waals surface area contributed by atoms with Gasteiger partial charge in [0.25, 0.3) is 0 Å². The minimum atomic E-state index is 0.200. The number of aryl methyl sites for hydroxylation is 1. The van der Waals surface area contributed by atoms with E-state index in [0.717, 1.165) is 30.5 Å². The van der Waals surface area contributed by atoms with Crippen LogP contribution >= 0.6 is 12.2 Å². The van der Waals surface area contributed by atoms with Gasteiger partial charge in [-0.15, -0.1) is 0 Å². The lowest BCUT2D eigenvalue weighted by atomic mass is 10.0. The summed E-state index contributed by atoms with van der Waals surface area (Å²) in [6.45, 7) is 4.23. The lowest BCUT2D eigenvalue weighted by Crippen LogP contribution is -2.25. The van der Waals surface area contributed by atoms with E-state index in [2.05, 4.69) is 48.6 Å². The molecule has 0 bridgehead atoms. The Morgan fingerprint density at radius 1 is 1.35 bits per heavy atom. The Kier molecular flexibility index (Phi) is 5.63. The summed E-state index contributed by atoms with van der Waals surface area (Å²) in [6, 6.07) is 8.31. The molecule has 0 aliphatic rings. The van der Waals surface area contributed by atoms with Crippen LogP contribution in [0.4, 0.5) is 0 Å². The van der Waals surface area contributed by atoms with Crippen molar-refractivity contribution in [3.63, 3.8) is 0 Å². The Morgan fingerprint density at radius 3 is 2.53 bits per heavy atom. The second-order valence-corrected chi connectivity index (χ2v) is 4.44. The number of hydrazone groups is 1. The number of rotatable bonds is 5. The topological polar surface area (TPSA) is 50.4 Å². The fourth-order valence-corrected chi connectivity index (χ4v) is 1.52. The predicted molar refractivity (Wildman–Crippen MR) is 77.2 cm³/mol. The van der Waals surface area contributed by atoms with Gasteiger partial charge in [0.15, 0.2) is 5.11 Å². The van der Waals surface area contributed by atoms with Crippen LogP contribution in [0.1, 0.15) is 37.3 Å². The first-order valence-corrected chi connectivity index (χ1v) is 6.23. The van der Waals surface area contributed by atoms with E-state index in [1.54, 1.807) is 0 Å². The van der Waals surface area contributed by atoms with Crippen molar-refractivity contribution >= 4 is 23.0 Å². The molecule has 0 radical (unpaired) electrons. The number of thiocarbonyl (C=S) groups is 1. The highest BCUT2D eigenvalue weighted by Gasteiger charge is 2.03. The quantitative estimate of drug-likeness (QED) is 0.479. The average Bonchev–Trinajstić information content (AvgIpc) is 2.30. The van der Waals surface area contributed by atoms with Crippen molar-refractivity contribution in [1.29, 1.82) is 0 Å². The third-order valence-corrected chi connectivity index (χ3v) is 2.54. The molecule has 92 valence electrons. The first kappa shape index (κ1) is 13.6. The van der Waals surface area contributed by atoms with Crippen molar-refractivity contribution in [2.24, 2.45) is 10.8 Å². The van der Waals surface area contributed by atoms with Gasteiger partial charge in [-0.1, -0.05) is 43.2 Å². The molecule has 0 atom stereocenters. The van der Waals surface area contributed by atoms with Gasteiger partial charge >= 0.3 is 0 Å². The largest absolute Gasteiger partial charge is 0.375 e. The maximum atomic E-state index is 5.38. The molecule has 0 aliphatic heterocycles. The highest BCUT2D eigenvalue weighted by Crippen LogP contribution is 2.09. The summed E-state index contributed by atoms with van der Waals surface area (Å²) < 4.78 is 0. The fraction of sp³-hybridized carbons (Fsp3) is 0.385. The molecule has 0 amide bonds. The van der Waals surface area contributed by atoms with Crippen molar-refractivity contribution in [3.05, 3.63) is 35.4 Å². The summed E-state index contributed by atoms with van der Waals surface area (Å²) in [6.07, 6.45) is 3.17. The first-order valence-electron chi connectivity index (χ1n) is 5.82. The third-order valence-electron chi connectivity index (χ3n) is 2.45. The molecule has 1 aromatic rings. The Bertz CT molecular complexity index is 396. The monoisotopic (exact) mass is 249 g/mol. The van der Waals surface area contributed by atoms with Gasteiger partial charge < -0.3 is 5.73 Å². The lowest BCUT2D eigenvalue weighted by molar-refractivity contribution is 0.828. The van der Waals surface area contributed by atoms with E-state index >= 15 is 0 Å². The zero-order valence-corrected chi connectivity index (χ0v) is 11.2. The first-order chi connectivity index (χ1) is 8.13. The molecule has 3 nitrogen and oxygen atoms in total. The van der Waals surface area contributed by atoms with Gasteiger partial charge in [-0.2, -0.15) is 5.10 Å². The second-order valence-electron chi connectivity index (χ2n) is 4.00. The van der Waals surface area contributed by atoms with Crippen molar-refractivity contribution < 1.29 is 0 Å². The maximum Gasteiger partial charge on any atom is 0.184 e. The van der Waals surface area contributed by atoms with Crippen molar-refractivity contribution in [3.8, 4) is 0 Å². The molecule has 0 saturated heterocycles. The Labute approximate surface area is 108 Å². The molecule has 3 N–H and O–H groups in total. The number of nitrogens with zero attached hydrogens (tertiary/aromatic N) is 1. The fourth-order valence-electron chi connectivity index (χ4n) is 1.48. The molecule has 0 unspecified atom stereocenters. The van der Waals surface area contributed by atoms with Gasteiger partial charge in [-0.3, -0.25) is 5.43 Å². The molecular formula is C13H19N3S. The third kappa shape index (κ3) is 4.95. The van der Waals surface area contributed by atoms with E-state index in [9.17, 15) is 0 Å².